The van der Waals surface area contributed by atoms with E-state index in [0.717, 1.165) is 51.3 Å². The molecule has 0 atom stereocenters. The average Bonchev–Trinajstić information content (AvgIpc) is 2.63. The highest BCUT2D eigenvalue weighted by Gasteiger charge is 2.32. The van der Waals surface area contributed by atoms with Gasteiger partial charge < -0.3 is 15.8 Å². The van der Waals surface area contributed by atoms with Gasteiger partial charge in [0.2, 0.25) is 5.91 Å². The van der Waals surface area contributed by atoms with Gasteiger partial charge in [-0.2, -0.15) is 0 Å². The molecule has 1 amide bonds. The van der Waals surface area contributed by atoms with Crippen LogP contribution in [-0.4, -0.2) is 43.7 Å². The minimum absolute atomic E-state index is 0.0635. The van der Waals surface area contributed by atoms with E-state index < -0.39 is 5.41 Å². The van der Waals surface area contributed by atoms with Gasteiger partial charge in [0, 0.05) is 32.7 Å². The van der Waals surface area contributed by atoms with Crippen LogP contribution in [0.5, 0.6) is 0 Å². The van der Waals surface area contributed by atoms with Crippen molar-refractivity contribution in [1.82, 2.24) is 10.2 Å². The summed E-state index contributed by atoms with van der Waals surface area (Å²) in [4.78, 5) is 14.9. The van der Waals surface area contributed by atoms with Crippen LogP contribution in [0, 0.1) is 5.41 Å². The van der Waals surface area contributed by atoms with Crippen molar-refractivity contribution in [1.29, 1.82) is 0 Å². The fourth-order valence-corrected chi connectivity index (χ4v) is 3.18. The van der Waals surface area contributed by atoms with Crippen molar-refractivity contribution in [3.63, 3.8) is 0 Å². The van der Waals surface area contributed by atoms with E-state index >= 15 is 0 Å². The van der Waals surface area contributed by atoms with Crippen LogP contribution >= 0.6 is 0 Å². The van der Waals surface area contributed by atoms with Gasteiger partial charge in [0.1, 0.15) is 0 Å². The molecule has 24 heavy (non-hydrogen) atoms. The summed E-state index contributed by atoms with van der Waals surface area (Å²) >= 11 is 0. The Morgan fingerprint density at radius 1 is 1.25 bits per heavy atom. The molecule has 1 saturated heterocycles. The third-order valence-corrected chi connectivity index (χ3v) is 5.18. The van der Waals surface area contributed by atoms with E-state index in [2.05, 4.69) is 34.5 Å². The molecule has 3 N–H and O–H groups in total. The number of morpholine rings is 1. The number of amides is 1. The smallest absolute Gasteiger partial charge is 0.227 e. The van der Waals surface area contributed by atoms with Crippen LogP contribution in [0.1, 0.15) is 37.8 Å². The first-order chi connectivity index (χ1) is 11.6. The number of hydrogen-bond acceptors (Lipinski definition) is 4. The molecule has 5 heteroatoms. The zero-order chi connectivity index (χ0) is 17.4. The Morgan fingerprint density at radius 2 is 1.92 bits per heavy atom. The van der Waals surface area contributed by atoms with E-state index in [4.69, 9.17) is 10.5 Å². The monoisotopic (exact) mass is 333 g/mol. The second kappa shape index (κ2) is 9.16. The second-order valence-corrected chi connectivity index (χ2v) is 6.58. The van der Waals surface area contributed by atoms with Crippen molar-refractivity contribution < 1.29 is 9.53 Å². The van der Waals surface area contributed by atoms with Crippen LogP contribution < -0.4 is 11.1 Å². The van der Waals surface area contributed by atoms with Gasteiger partial charge in [-0.1, -0.05) is 38.1 Å². The Balaban J connectivity index is 1.93. The molecule has 1 heterocycles. The Kier molecular flexibility index (Phi) is 7.21. The average molecular weight is 333 g/mol. The molecule has 1 aliphatic rings. The summed E-state index contributed by atoms with van der Waals surface area (Å²) in [5, 5.41) is 3.07. The van der Waals surface area contributed by atoms with Crippen molar-refractivity contribution in [3.05, 3.63) is 35.4 Å². The van der Waals surface area contributed by atoms with Crippen molar-refractivity contribution in [2.45, 2.75) is 39.8 Å². The summed E-state index contributed by atoms with van der Waals surface area (Å²) in [6, 6.07) is 8.44. The number of nitrogens with one attached hydrogen (secondary N) is 1. The van der Waals surface area contributed by atoms with E-state index in [1.165, 1.54) is 5.56 Å². The molecule has 0 unspecified atom stereocenters. The number of rotatable bonds is 8. The van der Waals surface area contributed by atoms with Gasteiger partial charge in [0.15, 0.2) is 0 Å². The van der Waals surface area contributed by atoms with Gasteiger partial charge in [0.05, 0.1) is 18.6 Å². The number of ether oxygens (including phenoxy) is 1. The Labute approximate surface area is 145 Å². The van der Waals surface area contributed by atoms with Gasteiger partial charge in [-0.25, -0.2) is 0 Å². The molecule has 0 bridgehead atoms. The van der Waals surface area contributed by atoms with E-state index in [0.29, 0.717) is 13.1 Å². The first-order valence-electron chi connectivity index (χ1n) is 9.00. The largest absolute Gasteiger partial charge is 0.379 e. The fraction of sp³-hybridized carbons (Fsp3) is 0.632. The van der Waals surface area contributed by atoms with E-state index in [-0.39, 0.29) is 5.91 Å². The topological polar surface area (TPSA) is 67.6 Å². The molecule has 0 spiro atoms. The van der Waals surface area contributed by atoms with Gasteiger partial charge in [-0.15, -0.1) is 0 Å². The molecule has 2 rings (SSSR count). The maximum absolute atomic E-state index is 12.5. The van der Waals surface area contributed by atoms with E-state index in [9.17, 15) is 4.79 Å². The van der Waals surface area contributed by atoms with Gasteiger partial charge in [0.25, 0.3) is 0 Å². The molecule has 1 aliphatic heterocycles. The Hall–Kier alpha value is -1.43. The number of nitrogens with zero attached hydrogens (tertiary/aromatic N) is 1. The summed E-state index contributed by atoms with van der Waals surface area (Å²) in [5.74, 6) is 0.0635. The van der Waals surface area contributed by atoms with Crippen molar-refractivity contribution in [3.8, 4) is 0 Å². The molecule has 134 valence electrons. The number of nitrogens with two attached hydrogens (primary N) is 1. The minimum atomic E-state index is -0.439. The quantitative estimate of drug-likeness (QED) is 0.762. The van der Waals surface area contributed by atoms with Gasteiger partial charge >= 0.3 is 0 Å². The standard InChI is InChI=1S/C19H31N3O2/c1-3-19(4-2,15-20)18(23)21-13-16-6-5-7-17(12-16)14-22-8-10-24-11-9-22/h5-7,12H,3-4,8-11,13-15,20H2,1-2H3,(H,21,23). The first kappa shape index (κ1) is 18.9. The summed E-state index contributed by atoms with van der Waals surface area (Å²) in [6.45, 7) is 9.51. The highest BCUT2D eigenvalue weighted by atomic mass is 16.5. The molecular formula is C19H31N3O2. The lowest BCUT2D eigenvalue weighted by atomic mass is 9.81. The normalized spacial score (nSPS) is 16.1. The Bertz CT molecular complexity index is 515. The van der Waals surface area contributed by atoms with E-state index in [1.807, 2.05) is 13.8 Å². The SMILES string of the molecule is CCC(CC)(CN)C(=O)NCc1cccc(CN2CCOCC2)c1. The van der Waals surface area contributed by atoms with Crippen molar-refractivity contribution in [2.75, 3.05) is 32.8 Å². The molecular weight excluding hydrogens is 302 g/mol. The van der Waals surface area contributed by atoms with Crippen LogP contribution in [-0.2, 0) is 22.6 Å². The maximum Gasteiger partial charge on any atom is 0.227 e. The maximum atomic E-state index is 12.5. The van der Waals surface area contributed by atoms with Crippen LogP contribution in [0.3, 0.4) is 0 Å². The van der Waals surface area contributed by atoms with E-state index in [1.54, 1.807) is 0 Å². The summed E-state index contributed by atoms with van der Waals surface area (Å²) in [6.07, 6.45) is 1.53. The zero-order valence-corrected chi connectivity index (χ0v) is 15.0. The lowest BCUT2D eigenvalue weighted by Gasteiger charge is -2.28. The molecule has 1 fully saturated rings. The Morgan fingerprint density at radius 3 is 2.54 bits per heavy atom. The summed E-state index contributed by atoms with van der Waals surface area (Å²) < 4.78 is 5.39. The third kappa shape index (κ3) is 4.79. The van der Waals surface area contributed by atoms with Crippen LogP contribution in [0.25, 0.3) is 0 Å². The van der Waals surface area contributed by atoms with Crippen LogP contribution in [0.2, 0.25) is 0 Å². The van der Waals surface area contributed by atoms with Crippen molar-refractivity contribution >= 4 is 5.91 Å². The number of carbonyl (C=O) groups excluding carboxylic acids is 1. The summed E-state index contributed by atoms with van der Waals surface area (Å²) in [5.41, 5.74) is 7.82. The van der Waals surface area contributed by atoms with Crippen LogP contribution in [0.4, 0.5) is 0 Å². The molecule has 1 aromatic carbocycles. The third-order valence-electron chi connectivity index (χ3n) is 5.18. The molecule has 0 aromatic heterocycles. The van der Waals surface area contributed by atoms with Crippen LogP contribution in [0.15, 0.2) is 24.3 Å². The first-order valence-corrected chi connectivity index (χ1v) is 9.00. The molecule has 0 radical (unpaired) electrons. The summed E-state index contributed by atoms with van der Waals surface area (Å²) in [7, 11) is 0. The number of carbonyl (C=O) groups is 1. The molecule has 0 saturated carbocycles. The molecule has 5 nitrogen and oxygen atoms in total. The van der Waals surface area contributed by atoms with Gasteiger partial charge in [-0.05, 0) is 24.0 Å². The van der Waals surface area contributed by atoms with Gasteiger partial charge in [-0.3, -0.25) is 9.69 Å². The molecule has 0 aliphatic carbocycles. The predicted octanol–water partition coefficient (Wildman–Crippen LogP) is 1.90. The highest BCUT2D eigenvalue weighted by molar-refractivity contribution is 5.82. The lowest BCUT2D eigenvalue weighted by molar-refractivity contribution is -0.131. The minimum Gasteiger partial charge on any atom is -0.379 e. The van der Waals surface area contributed by atoms with Crippen molar-refractivity contribution in [2.24, 2.45) is 11.1 Å². The number of benzene rings is 1. The fourth-order valence-electron chi connectivity index (χ4n) is 3.18. The predicted molar refractivity (Wildman–Crippen MR) is 96.5 cm³/mol. The highest BCUT2D eigenvalue weighted by Crippen LogP contribution is 2.25. The molecule has 1 aromatic rings. The lowest BCUT2D eigenvalue weighted by Crippen LogP contribution is -2.45. The zero-order valence-electron chi connectivity index (χ0n) is 15.0. The second-order valence-electron chi connectivity index (χ2n) is 6.58. The number of hydrogen-bond donors (Lipinski definition) is 2.